The van der Waals surface area contributed by atoms with Crippen LogP contribution in [0.5, 0.6) is 5.75 Å². The quantitative estimate of drug-likeness (QED) is 0.618. The standard InChI is InChI=1S/C24H31N3O6S/c1-4-20-24(29)26-19-11-15(2)22(13-21(19)33-20)34(30,31)27-9-5-7-17(14-27)23(28)25-16(3)12-18-8-6-10-32-18/h6,8,10-11,13,16-17,20H,4-5,7,9,12,14H2,1-3H3,(H,25,28)(H,26,29)/t16-,17+,20-/m0/s1. The van der Waals surface area contributed by atoms with Gasteiger partial charge >= 0.3 is 0 Å². The zero-order chi connectivity index (χ0) is 24.5. The van der Waals surface area contributed by atoms with Crippen LogP contribution in [0.4, 0.5) is 5.69 Å². The van der Waals surface area contributed by atoms with E-state index in [4.69, 9.17) is 9.15 Å². The summed E-state index contributed by atoms with van der Waals surface area (Å²) in [7, 11) is -3.85. The summed E-state index contributed by atoms with van der Waals surface area (Å²) in [6.45, 7) is 5.88. The van der Waals surface area contributed by atoms with Crippen LogP contribution in [0.2, 0.25) is 0 Å². The molecule has 3 heterocycles. The fraction of sp³-hybridized carbons (Fsp3) is 0.500. The number of nitrogens with zero attached hydrogens (tertiary/aromatic N) is 1. The number of piperidine rings is 1. The summed E-state index contributed by atoms with van der Waals surface area (Å²) >= 11 is 0. The molecule has 2 aliphatic heterocycles. The molecule has 1 aromatic heterocycles. The van der Waals surface area contributed by atoms with Crippen LogP contribution in [0.1, 0.15) is 44.4 Å². The normalized spacial score (nSPS) is 21.8. The van der Waals surface area contributed by atoms with E-state index >= 15 is 0 Å². The van der Waals surface area contributed by atoms with Gasteiger partial charge in [0.15, 0.2) is 6.10 Å². The van der Waals surface area contributed by atoms with Crippen molar-refractivity contribution in [3.8, 4) is 5.75 Å². The van der Waals surface area contributed by atoms with E-state index in [1.165, 1.54) is 10.4 Å². The maximum Gasteiger partial charge on any atom is 0.265 e. The van der Waals surface area contributed by atoms with Gasteiger partial charge in [-0.25, -0.2) is 8.42 Å². The van der Waals surface area contributed by atoms with Crippen molar-refractivity contribution in [1.29, 1.82) is 0 Å². The number of anilines is 1. The Hall–Kier alpha value is -2.85. The fourth-order valence-electron chi connectivity index (χ4n) is 4.49. The lowest BCUT2D eigenvalue weighted by molar-refractivity contribution is -0.126. The number of hydrogen-bond acceptors (Lipinski definition) is 6. The van der Waals surface area contributed by atoms with Crippen LogP contribution >= 0.6 is 0 Å². The number of hydrogen-bond donors (Lipinski definition) is 2. The van der Waals surface area contributed by atoms with Crippen molar-refractivity contribution in [2.24, 2.45) is 5.92 Å². The lowest BCUT2D eigenvalue weighted by Crippen LogP contribution is -2.47. The number of fused-ring (bicyclic) bond motifs is 1. The summed E-state index contributed by atoms with van der Waals surface area (Å²) in [5.41, 5.74) is 0.976. The lowest BCUT2D eigenvalue weighted by Gasteiger charge is -2.33. The smallest absolute Gasteiger partial charge is 0.265 e. The van der Waals surface area contributed by atoms with Crippen LogP contribution in [0.3, 0.4) is 0 Å². The fourth-order valence-corrected chi connectivity index (χ4v) is 6.23. The van der Waals surface area contributed by atoms with Crippen molar-refractivity contribution in [2.75, 3.05) is 18.4 Å². The van der Waals surface area contributed by atoms with E-state index in [1.54, 1.807) is 25.3 Å². The first kappa shape index (κ1) is 24.3. The molecule has 0 saturated carbocycles. The van der Waals surface area contributed by atoms with E-state index in [0.717, 1.165) is 5.76 Å². The highest BCUT2D eigenvalue weighted by molar-refractivity contribution is 7.89. The molecule has 0 unspecified atom stereocenters. The summed E-state index contributed by atoms with van der Waals surface area (Å²) in [6, 6.07) is 6.63. The first-order valence-corrected chi connectivity index (χ1v) is 13.1. The number of carbonyl (C=O) groups is 2. The molecule has 1 aromatic carbocycles. The molecule has 0 radical (unpaired) electrons. The minimum atomic E-state index is -3.85. The number of rotatable bonds is 7. The molecule has 2 aliphatic rings. The van der Waals surface area contributed by atoms with Gasteiger partial charge in [0.1, 0.15) is 11.5 Å². The summed E-state index contributed by atoms with van der Waals surface area (Å²) in [6.07, 6.45) is 3.20. The number of aryl methyl sites for hydroxylation is 1. The number of amides is 2. The van der Waals surface area contributed by atoms with Gasteiger partial charge in [0, 0.05) is 31.6 Å². The van der Waals surface area contributed by atoms with Crippen LogP contribution < -0.4 is 15.4 Å². The number of carbonyl (C=O) groups excluding carboxylic acids is 2. The van der Waals surface area contributed by atoms with E-state index in [-0.39, 0.29) is 29.3 Å². The highest BCUT2D eigenvalue weighted by Gasteiger charge is 2.36. The molecule has 2 N–H and O–H groups in total. The van der Waals surface area contributed by atoms with Gasteiger partial charge in [0.2, 0.25) is 15.9 Å². The molecular formula is C24H31N3O6S. The van der Waals surface area contributed by atoms with Crippen LogP contribution in [0, 0.1) is 12.8 Å². The van der Waals surface area contributed by atoms with Crippen LogP contribution in [0.15, 0.2) is 39.8 Å². The van der Waals surface area contributed by atoms with Crippen molar-refractivity contribution >= 4 is 27.5 Å². The van der Waals surface area contributed by atoms with Crippen molar-refractivity contribution in [3.63, 3.8) is 0 Å². The third kappa shape index (κ3) is 4.97. The average Bonchev–Trinajstić information content (AvgIpc) is 3.31. The van der Waals surface area contributed by atoms with Crippen molar-refractivity contribution < 1.29 is 27.2 Å². The predicted molar refractivity (Wildman–Crippen MR) is 126 cm³/mol. The molecule has 4 rings (SSSR count). The number of sulfonamides is 1. The average molecular weight is 490 g/mol. The van der Waals surface area contributed by atoms with Crippen molar-refractivity contribution in [3.05, 3.63) is 41.9 Å². The second-order valence-electron chi connectivity index (χ2n) is 9.01. The summed E-state index contributed by atoms with van der Waals surface area (Å²) in [4.78, 5) is 25.1. The van der Waals surface area contributed by atoms with Crippen LogP contribution in [-0.4, -0.2) is 49.8 Å². The van der Waals surface area contributed by atoms with Gasteiger partial charge < -0.3 is 19.8 Å². The Morgan fingerprint density at radius 3 is 2.85 bits per heavy atom. The van der Waals surface area contributed by atoms with Gasteiger partial charge in [0.25, 0.3) is 5.91 Å². The second kappa shape index (κ2) is 9.79. The molecule has 3 atom stereocenters. The van der Waals surface area contributed by atoms with Gasteiger partial charge in [-0.15, -0.1) is 0 Å². The van der Waals surface area contributed by atoms with E-state index in [0.29, 0.717) is 49.2 Å². The Labute approximate surface area is 199 Å². The zero-order valence-corrected chi connectivity index (χ0v) is 20.5. The molecule has 184 valence electrons. The molecule has 34 heavy (non-hydrogen) atoms. The third-order valence-corrected chi connectivity index (χ3v) is 8.32. The minimum absolute atomic E-state index is 0.118. The highest BCUT2D eigenvalue weighted by Crippen LogP contribution is 2.36. The molecule has 0 aliphatic carbocycles. The Morgan fingerprint density at radius 2 is 2.15 bits per heavy atom. The second-order valence-corrected chi connectivity index (χ2v) is 10.9. The Morgan fingerprint density at radius 1 is 1.35 bits per heavy atom. The van der Waals surface area contributed by atoms with Gasteiger partial charge in [-0.2, -0.15) is 4.31 Å². The molecule has 2 aromatic rings. The van der Waals surface area contributed by atoms with Crippen molar-refractivity contribution in [2.45, 2.75) is 63.5 Å². The molecule has 0 spiro atoms. The van der Waals surface area contributed by atoms with E-state index in [2.05, 4.69) is 10.6 Å². The first-order valence-electron chi connectivity index (χ1n) is 11.6. The monoisotopic (exact) mass is 489 g/mol. The zero-order valence-electron chi connectivity index (χ0n) is 19.7. The van der Waals surface area contributed by atoms with Gasteiger partial charge in [-0.05, 0) is 56.9 Å². The van der Waals surface area contributed by atoms with E-state index < -0.39 is 22.0 Å². The number of nitrogens with one attached hydrogen (secondary N) is 2. The van der Waals surface area contributed by atoms with Gasteiger partial charge in [-0.3, -0.25) is 9.59 Å². The lowest BCUT2D eigenvalue weighted by atomic mass is 9.98. The van der Waals surface area contributed by atoms with E-state index in [9.17, 15) is 18.0 Å². The number of ether oxygens (including phenoxy) is 1. The first-order chi connectivity index (χ1) is 16.2. The van der Waals surface area contributed by atoms with Gasteiger partial charge in [0.05, 0.1) is 22.8 Å². The summed E-state index contributed by atoms with van der Waals surface area (Å²) in [5, 5.41) is 5.77. The highest BCUT2D eigenvalue weighted by atomic mass is 32.2. The Balaban J connectivity index is 1.48. The van der Waals surface area contributed by atoms with E-state index in [1.807, 2.05) is 19.9 Å². The largest absolute Gasteiger partial charge is 0.478 e. The topological polar surface area (TPSA) is 118 Å². The maximum atomic E-state index is 13.6. The Bertz CT molecular complexity index is 1160. The molecule has 1 fully saturated rings. The summed E-state index contributed by atoms with van der Waals surface area (Å²) < 4.78 is 39.6. The summed E-state index contributed by atoms with van der Waals surface area (Å²) in [5.74, 6) is 0.301. The number of furan rings is 1. The van der Waals surface area contributed by atoms with Crippen molar-refractivity contribution in [1.82, 2.24) is 9.62 Å². The molecule has 10 heteroatoms. The molecular weight excluding hydrogens is 458 g/mol. The van der Waals surface area contributed by atoms with Gasteiger partial charge in [-0.1, -0.05) is 6.92 Å². The SMILES string of the molecule is CC[C@@H]1Oc2cc(S(=O)(=O)N3CCC[C@@H](C(=O)N[C@@H](C)Cc4ccco4)C3)c(C)cc2NC1=O. The number of benzene rings is 1. The molecule has 9 nitrogen and oxygen atoms in total. The Kier molecular flexibility index (Phi) is 6.99. The molecule has 0 bridgehead atoms. The third-order valence-electron chi connectivity index (χ3n) is 6.32. The predicted octanol–water partition coefficient (Wildman–Crippen LogP) is 2.85. The minimum Gasteiger partial charge on any atom is -0.478 e. The molecule has 2 amide bonds. The van der Waals surface area contributed by atoms with Crippen LogP contribution in [-0.2, 0) is 26.0 Å². The maximum absolute atomic E-state index is 13.6. The molecule has 1 saturated heterocycles. The van der Waals surface area contributed by atoms with Crippen LogP contribution in [0.25, 0.3) is 0 Å².